The molecule has 20 heavy (non-hydrogen) atoms. The maximum Gasteiger partial charge on any atom is 0.471 e. The summed E-state index contributed by atoms with van der Waals surface area (Å²) in [6.45, 7) is -0.610. The molecule has 8 heteroatoms. The third kappa shape index (κ3) is 2.84. The molecule has 1 aromatic rings. The number of benzene rings is 1. The first-order chi connectivity index (χ1) is 9.29. The third-order valence-electron chi connectivity index (χ3n) is 2.82. The Morgan fingerprint density at radius 3 is 2.60 bits per heavy atom. The average Bonchev–Trinajstić information content (AvgIpc) is 2.57. The van der Waals surface area contributed by atoms with Gasteiger partial charge in [0, 0.05) is 12.1 Å². The highest BCUT2D eigenvalue weighted by molar-refractivity contribution is 5.88. The number of carbonyl (C=O) groups excluding carboxylic acids is 1. The molecular formula is C12H10F3NO4. The molecule has 0 saturated carbocycles. The Morgan fingerprint density at radius 1 is 1.30 bits per heavy atom. The predicted octanol–water partition coefficient (Wildman–Crippen LogP) is 1.67. The second-order valence-electron chi connectivity index (χ2n) is 4.20. The molecule has 0 unspecified atom stereocenters. The van der Waals surface area contributed by atoms with E-state index in [1.54, 1.807) is 0 Å². The zero-order valence-corrected chi connectivity index (χ0v) is 10.1. The van der Waals surface area contributed by atoms with Gasteiger partial charge in [0.2, 0.25) is 0 Å². The molecule has 0 bridgehead atoms. The normalized spacial score (nSPS) is 15.1. The predicted molar refractivity (Wildman–Crippen MR) is 60.4 cm³/mol. The molecule has 0 saturated heterocycles. The van der Waals surface area contributed by atoms with E-state index in [-0.39, 0.29) is 31.0 Å². The van der Waals surface area contributed by atoms with Gasteiger partial charge >= 0.3 is 18.1 Å². The first-order valence-corrected chi connectivity index (χ1v) is 5.64. The van der Waals surface area contributed by atoms with Crippen molar-refractivity contribution in [3.8, 4) is 5.75 Å². The number of rotatable bonds is 1. The summed E-state index contributed by atoms with van der Waals surface area (Å²) in [4.78, 5) is 22.6. The molecule has 1 aromatic carbocycles. The van der Waals surface area contributed by atoms with Crippen LogP contribution in [0.5, 0.6) is 5.75 Å². The summed E-state index contributed by atoms with van der Waals surface area (Å²) in [5, 5.41) is 8.83. The standard InChI is InChI=1S/C12H10F3NO4/c13-12(14,15)11(19)16-3-4-20-9-5-7(10(17)18)1-2-8(9)6-16/h1-2,5H,3-4,6H2,(H,17,18). The number of ether oxygens (including phenoxy) is 1. The third-order valence-corrected chi connectivity index (χ3v) is 2.82. The number of hydrogen-bond donors (Lipinski definition) is 1. The number of carboxylic acids is 1. The molecule has 108 valence electrons. The fraction of sp³-hybridized carbons (Fsp3) is 0.333. The summed E-state index contributed by atoms with van der Waals surface area (Å²) in [6, 6.07) is 3.84. The zero-order valence-electron chi connectivity index (χ0n) is 10.1. The molecule has 0 radical (unpaired) electrons. The lowest BCUT2D eigenvalue weighted by atomic mass is 10.1. The van der Waals surface area contributed by atoms with Crippen molar-refractivity contribution in [2.45, 2.75) is 12.7 Å². The highest BCUT2D eigenvalue weighted by atomic mass is 19.4. The van der Waals surface area contributed by atoms with Crippen LogP contribution in [0.15, 0.2) is 18.2 Å². The molecule has 1 N–H and O–H groups in total. The molecule has 0 aromatic heterocycles. The smallest absolute Gasteiger partial charge is 0.471 e. The van der Waals surface area contributed by atoms with Gasteiger partial charge in [-0.05, 0) is 12.1 Å². The summed E-state index contributed by atoms with van der Waals surface area (Å²) in [5.41, 5.74) is 0.310. The fourth-order valence-corrected chi connectivity index (χ4v) is 1.86. The molecule has 0 spiro atoms. The van der Waals surface area contributed by atoms with Crippen LogP contribution in [-0.4, -0.2) is 41.2 Å². The second-order valence-corrected chi connectivity index (χ2v) is 4.20. The van der Waals surface area contributed by atoms with Gasteiger partial charge in [0.05, 0.1) is 12.1 Å². The maximum atomic E-state index is 12.4. The number of alkyl halides is 3. The number of aromatic carboxylic acids is 1. The Bertz CT molecular complexity index is 556. The highest BCUT2D eigenvalue weighted by Crippen LogP contribution is 2.27. The first-order valence-electron chi connectivity index (χ1n) is 5.64. The van der Waals surface area contributed by atoms with Gasteiger partial charge < -0.3 is 14.7 Å². The van der Waals surface area contributed by atoms with E-state index in [4.69, 9.17) is 9.84 Å². The SMILES string of the molecule is O=C(O)c1ccc2c(c1)OCCN(C(=O)C(F)(F)F)C2. The Labute approximate surface area is 111 Å². The van der Waals surface area contributed by atoms with Gasteiger partial charge in [0.25, 0.3) is 0 Å². The molecular weight excluding hydrogens is 279 g/mol. The van der Waals surface area contributed by atoms with Gasteiger partial charge in [-0.3, -0.25) is 4.79 Å². The number of hydrogen-bond acceptors (Lipinski definition) is 3. The van der Waals surface area contributed by atoms with Gasteiger partial charge in [0.1, 0.15) is 12.4 Å². The van der Waals surface area contributed by atoms with Gasteiger partial charge in [-0.25, -0.2) is 4.79 Å². The number of nitrogens with zero attached hydrogens (tertiary/aromatic N) is 1. The van der Waals surface area contributed by atoms with Crippen LogP contribution in [0.2, 0.25) is 0 Å². The van der Waals surface area contributed by atoms with Gasteiger partial charge in [-0.15, -0.1) is 0 Å². The summed E-state index contributed by atoms with van der Waals surface area (Å²) >= 11 is 0. The average molecular weight is 289 g/mol. The van der Waals surface area contributed by atoms with Crippen molar-refractivity contribution >= 4 is 11.9 Å². The quantitative estimate of drug-likeness (QED) is 0.854. The zero-order chi connectivity index (χ0) is 14.9. The number of fused-ring (bicyclic) bond motifs is 1. The van der Waals surface area contributed by atoms with Crippen molar-refractivity contribution in [2.24, 2.45) is 0 Å². The molecule has 2 rings (SSSR count). The fourth-order valence-electron chi connectivity index (χ4n) is 1.86. The molecule has 1 heterocycles. The monoisotopic (exact) mass is 289 g/mol. The van der Waals surface area contributed by atoms with Gasteiger partial charge in [0.15, 0.2) is 0 Å². The highest BCUT2D eigenvalue weighted by Gasteiger charge is 2.42. The summed E-state index contributed by atoms with van der Waals surface area (Å²) < 4.78 is 42.4. The molecule has 0 atom stereocenters. The van der Waals surface area contributed by atoms with Crippen LogP contribution in [0.4, 0.5) is 13.2 Å². The molecule has 1 aliphatic rings. The molecule has 0 fully saturated rings. The molecule has 1 aliphatic heterocycles. The van der Waals surface area contributed by atoms with Crippen molar-refractivity contribution in [2.75, 3.05) is 13.2 Å². The van der Waals surface area contributed by atoms with Gasteiger partial charge in [-0.1, -0.05) is 6.07 Å². The van der Waals surface area contributed by atoms with E-state index in [0.29, 0.717) is 10.5 Å². The van der Waals surface area contributed by atoms with E-state index in [2.05, 4.69) is 0 Å². The largest absolute Gasteiger partial charge is 0.491 e. The van der Waals surface area contributed by atoms with Crippen molar-refractivity contribution in [3.63, 3.8) is 0 Å². The maximum absolute atomic E-state index is 12.4. The van der Waals surface area contributed by atoms with Crippen LogP contribution < -0.4 is 4.74 Å². The Balaban J connectivity index is 2.27. The summed E-state index contributed by atoms with van der Waals surface area (Å²) in [6.07, 6.45) is -4.94. The van der Waals surface area contributed by atoms with Crippen molar-refractivity contribution in [3.05, 3.63) is 29.3 Å². The number of amides is 1. The second kappa shape index (κ2) is 5.03. The van der Waals surface area contributed by atoms with E-state index in [1.807, 2.05) is 0 Å². The van der Waals surface area contributed by atoms with E-state index >= 15 is 0 Å². The minimum atomic E-state index is -4.94. The minimum Gasteiger partial charge on any atom is -0.491 e. The van der Waals surface area contributed by atoms with Crippen molar-refractivity contribution < 1.29 is 32.6 Å². The van der Waals surface area contributed by atoms with Crippen LogP contribution in [0.3, 0.4) is 0 Å². The molecule has 5 nitrogen and oxygen atoms in total. The lowest BCUT2D eigenvalue weighted by Crippen LogP contribution is -2.41. The van der Waals surface area contributed by atoms with E-state index < -0.39 is 18.1 Å². The Morgan fingerprint density at radius 2 is 2.00 bits per heavy atom. The topological polar surface area (TPSA) is 66.8 Å². The van der Waals surface area contributed by atoms with Crippen molar-refractivity contribution in [1.29, 1.82) is 0 Å². The lowest BCUT2D eigenvalue weighted by molar-refractivity contribution is -0.186. The van der Waals surface area contributed by atoms with E-state index in [9.17, 15) is 22.8 Å². The van der Waals surface area contributed by atoms with E-state index in [0.717, 1.165) is 0 Å². The summed E-state index contributed by atoms with van der Waals surface area (Å²) in [5.74, 6) is -2.91. The molecule has 1 amide bonds. The number of halogens is 3. The van der Waals surface area contributed by atoms with E-state index in [1.165, 1.54) is 18.2 Å². The lowest BCUT2D eigenvalue weighted by Gasteiger charge is -2.20. The minimum absolute atomic E-state index is 0.0284. The first kappa shape index (κ1) is 14.2. The summed E-state index contributed by atoms with van der Waals surface area (Å²) in [7, 11) is 0. The number of carbonyl (C=O) groups is 2. The molecule has 0 aliphatic carbocycles. The van der Waals surface area contributed by atoms with Crippen LogP contribution in [0.25, 0.3) is 0 Å². The Hall–Kier alpha value is -2.25. The van der Waals surface area contributed by atoms with Crippen LogP contribution in [-0.2, 0) is 11.3 Å². The number of carboxylic acid groups (broad SMARTS) is 1. The van der Waals surface area contributed by atoms with Crippen LogP contribution >= 0.6 is 0 Å². The van der Waals surface area contributed by atoms with Crippen LogP contribution in [0, 0.1) is 0 Å². The van der Waals surface area contributed by atoms with Gasteiger partial charge in [-0.2, -0.15) is 13.2 Å². The van der Waals surface area contributed by atoms with Crippen LogP contribution in [0.1, 0.15) is 15.9 Å². The van der Waals surface area contributed by atoms with Crippen molar-refractivity contribution in [1.82, 2.24) is 4.90 Å². The Kier molecular flexibility index (Phi) is 3.56.